The summed E-state index contributed by atoms with van der Waals surface area (Å²) in [6.45, 7) is 1.15. The molecule has 1 aliphatic heterocycles. The second kappa shape index (κ2) is 7.19. The average molecular weight is 377 g/mol. The zero-order valence-corrected chi connectivity index (χ0v) is 15.1. The third-order valence-corrected chi connectivity index (χ3v) is 5.02. The van der Waals surface area contributed by atoms with E-state index >= 15 is 0 Å². The lowest BCUT2D eigenvalue weighted by atomic mass is 10.1. The van der Waals surface area contributed by atoms with Crippen LogP contribution in [0.2, 0.25) is 0 Å². The summed E-state index contributed by atoms with van der Waals surface area (Å²) in [4.78, 5) is 43.9. The Balaban J connectivity index is 1.43. The largest absolute Gasteiger partial charge is 0.507 e. The van der Waals surface area contributed by atoms with Crippen LogP contribution in [0.25, 0.3) is 10.9 Å². The van der Waals surface area contributed by atoms with Gasteiger partial charge in [-0.25, -0.2) is 0 Å². The van der Waals surface area contributed by atoms with Crippen LogP contribution in [0, 0.1) is 0 Å². The number of carbonyl (C=O) groups is 3. The Morgan fingerprint density at radius 3 is 2.21 bits per heavy atom. The van der Waals surface area contributed by atoms with Crippen molar-refractivity contribution in [1.82, 2.24) is 14.8 Å². The number of Topliss-reactive ketones (excluding diaryl/α,β-unsaturated/α-hetero) is 1. The van der Waals surface area contributed by atoms with Gasteiger partial charge in [0.1, 0.15) is 5.75 Å². The molecule has 7 heteroatoms. The number of H-pyrrole nitrogens is 1. The van der Waals surface area contributed by atoms with E-state index in [1.807, 2.05) is 18.2 Å². The monoisotopic (exact) mass is 377 g/mol. The minimum absolute atomic E-state index is 0.0690. The number of aromatic amines is 1. The molecule has 1 fully saturated rings. The molecule has 28 heavy (non-hydrogen) atoms. The number of para-hydroxylation sites is 2. The van der Waals surface area contributed by atoms with Gasteiger partial charge in [0.15, 0.2) is 0 Å². The quantitative estimate of drug-likeness (QED) is 0.540. The molecule has 0 unspecified atom stereocenters. The van der Waals surface area contributed by atoms with Gasteiger partial charge in [0.2, 0.25) is 0 Å². The number of benzene rings is 2. The van der Waals surface area contributed by atoms with Crippen molar-refractivity contribution in [2.45, 2.75) is 0 Å². The minimum atomic E-state index is -0.570. The molecule has 1 aromatic heterocycles. The lowest BCUT2D eigenvalue weighted by Gasteiger charge is -2.34. The van der Waals surface area contributed by atoms with E-state index in [9.17, 15) is 19.5 Å². The third-order valence-electron chi connectivity index (χ3n) is 5.02. The van der Waals surface area contributed by atoms with Gasteiger partial charge >= 0.3 is 0 Å². The third kappa shape index (κ3) is 3.11. The number of ketones is 1. The van der Waals surface area contributed by atoms with Crippen LogP contribution in [0.1, 0.15) is 20.7 Å². The number of hydrogen-bond donors (Lipinski definition) is 2. The summed E-state index contributed by atoms with van der Waals surface area (Å²) in [7, 11) is 0. The van der Waals surface area contributed by atoms with Crippen LogP contribution in [-0.4, -0.2) is 63.7 Å². The highest BCUT2D eigenvalue weighted by atomic mass is 16.3. The first-order valence-electron chi connectivity index (χ1n) is 9.03. The van der Waals surface area contributed by atoms with E-state index in [2.05, 4.69) is 4.98 Å². The Kier molecular flexibility index (Phi) is 4.57. The Bertz CT molecular complexity index is 1060. The van der Waals surface area contributed by atoms with Crippen LogP contribution in [0.4, 0.5) is 0 Å². The molecule has 2 heterocycles. The molecule has 2 N–H and O–H groups in total. The van der Waals surface area contributed by atoms with E-state index in [0.29, 0.717) is 24.0 Å². The predicted octanol–water partition coefficient (Wildman–Crippen LogP) is 2.04. The van der Waals surface area contributed by atoms with Gasteiger partial charge in [0.05, 0.1) is 11.1 Å². The average Bonchev–Trinajstić information content (AvgIpc) is 3.17. The van der Waals surface area contributed by atoms with E-state index in [-0.39, 0.29) is 30.3 Å². The van der Waals surface area contributed by atoms with E-state index in [4.69, 9.17) is 0 Å². The molecule has 0 atom stereocenters. The van der Waals surface area contributed by atoms with Gasteiger partial charge in [-0.2, -0.15) is 0 Å². The zero-order chi connectivity index (χ0) is 19.7. The number of nitrogens with zero attached hydrogens (tertiary/aromatic N) is 2. The number of carbonyl (C=O) groups excluding carboxylic acids is 3. The maximum atomic E-state index is 12.7. The number of amides is 2. The van der Waals surface area contributed by atoms with Crippen LogP contribution in [-0.2, 0) is 4.79 Å². The molecular weight excluding hydrogens is 358 g/mol. The fourth-order valence-corrected chi connectivity index (χ4v) is 3.46. The molecular formula is C21H19N3O4. The van der Waals surface area contributed by atoms with Crippen LogP contribution in [0.3, 0.4) is 0 Å². The number of aromatic nitrogens is 1. The number of hydrogen-bond acceptors (Lipinski definition) is 4. The SMILES string of the molecule is O=C(C(=O)N1CCN(C(=O)c2ccccc2O)CC1)c1c[nH]c2ccccc12. The number of nitrogens with one attached hydrogen (secondary N) is 1. The molecule has 0 spiro atoms. The van der Waals surface area contributed by atoms with Crippen LogP contribution >= 0.6 is 0 Å². The molecule has 3 aromatic rings. The van der Waals surface area contributed by atoms with Crippen molar-refractivity contribution >= 4 is 28.5 Å². The van der Waals surface area contributed by atoms with Crippen molar-refractivity contribution < 1.29 is 19.5 Å². The second-order valence-electron chi connectivity index (χ2n) is 6.68. The zero-order valence-electron chi connectivity index (χ0n) is 15.1. The summed E-state index contributed by atoms with van der Waals surface area (Å²) in [5.41, 5.74) is 1.39. The summed E-state index contributed by atoms with van der Waals surface area (Å²) in [6, 6.07) is 13.7. The molecule has 1 aliphatic rings. The topological polar surface area (TPSA) is 93.7 Å². The number of rotatable bonds is 3. The number of phenolic OH excluding ortho intramolecular Hbond substituents is 1. The summed E-state index contributed by atoms with van der Waals surface area (Å²) in [5, 5.41) is 10.6. The lowest BCUT2D eigenvalue weighted by molar-refractivity contribution is -0.127. The van der Waals surface area contributed by atoms with Crippen LogP contribution in [0.15, 0.2) is 54.7 Å². The number of fused-ring (bicyclic) bond motifs is 1. The standard InChI is InChI=1S/C21H19N3O4/c25-18-8-4-2-6-15(18)20(27)23-9-11-24(12-10-23)21(28)19(26)16-13-22-17-7-3-1-5-14(16)17/h1-8,13,22,25H,9-12H2. The van der Waals surface area contributed by atoms with Gasteiger partial charge in [0.25, 0.3) is 17.6 Å². The van der Waals surface area contributed by atoms with Gasteiger partial charge in [0, 0.05) is 43.3 Å². The number of aromatic hydroxyl groups is 1. The minimum Gasteiger partial charge on any atom is -0.507 e. The molecule has 1 saturated heterocycles. The van der Waals surface area contributed by atoms with Crippen molar-refractivity contribution in [2.24, 2.45) is 0 Å². The lowest BCUT2D eigenvalue weighted by Crippen LogP contribution is -2.52. The maximum Gasteiger partial charge on any atom is 0.295 e. The number of piperazine rings is 1. The second-order valence-corrected chi connectivity index (χ2v) is 6.68. The highest BCUT2D eigenvalue weighted by molar-refractivity contribution is 6.44. The Labute approximate surface area is 161 Å². The van der Waals surface area contributed by atoms with Gasteiger partial charge < -0.3 is 19.9 Å². The predicted molar refractivity (Wildman–Crippen MR) is 103 cm³/mol. The molecule has 142 valence electrons. The first-order valence-corrected chi connectivity index (χ1v) is 9.03. The molecule has 0 radical (unpaired) electrons. The molecule has 7 nitrogen and oxygen atoms in total. The van der Waals surface area contributed by atoms with Gasteiger partial charge in [-0.3, -0.25) is 14.4 Å². The molecule has 2 aromatic carbocycles. The van der Waals surface area contributed by atoms with Crippen molar-refractivity contribution in [3.63, 3.8) is 0 Å². The fourth-order valence-electron chi connectivity index (χ4n) is 3.46. The van der Waals surface area contributed by atoms with Crippen LogP contribution in [0.5, 0.6) is 5.75 Å². The Hall–Kier alpha value is -3.61. The highest BCUT2D eigenvalue weighted by Gasteiger charge is 2.30. The van der Waals surface area contributed by atoms with E-state index in [0.717, 1.165) is 5.52 Å². The van der Waals surface area contributed by atoms with Gasteiger partial charge in [-0.15, -0.1) is 0 Å². The molecule has 0 bridgehead atoms. The highest BCUT2D eigenvalue weighted by Crippen LogP contribution is 2.21. The normalized spacial score (nSPS) is 14.3. The van der Waals surface area contributed by atoms with Crippen LogP contribution < -0.4 is 0 Å². The number of phenols is 1. The smallest absolute Gasteiger partial charge is 0.295 e. The van der Waals surface area contributed by atoms with E-state index in [1.165, 1.54) is 11.0 Å². The van der Waals surface area contributed by atoms with Crippen molar-refractivity contribution in [3.05, 3.63) is 65.9 Å². The first kappa shape index (κ1) is 17.8. The van der Waals surface area contributed by atoms with E-state index in [1.54, 1.807) is 35.4 Å². The van der Waals surface area contributed by atoms with Crippen molar-refractivity contribution in [1.29, 1.82) is 0 Å². The van der Waals surface area contributed by atoms with Crippen molar-refractivity contribution in [2.75, 3.05) is 26.2 Å². The fraction of sp³-hybridized carbons (Fsp3) is 0.190. The van der Waals surface area contributed by atoms with E-state index < -0.39 is 11.7 Å². The van der Waals surface area contributed by atoms with Gasteiger partial charge in [-0.1, -0.05) is 30.3 Å². The summed E-state index contributed by atoms with van der Waals surface area (Å²) >= 11 is 0. The van der Waals surface area contributed by atoms with Crippen molar-refractivity contribution in [3.8, 4) is 5.75 Å². The maximum absolute atomic E-state index is 12.7. The van der Waals surface area contributed by atoms with Gasteiger partial charge in [-0.05, 0) is 18.2 Å². The molecule has 2 amide bonds. The summed E-state index contributed by atoms with van der Waals surface area (Å²) < 4.78 is 0. The molecule has 4 rings (SSSR count). The molecule has 0 saturated carbocycles. The summed E-state index contributed by atoms with van der Waals surface area (Å²) in [6.07, 6.45) is 1.56. The molecule has 0 aliphatic carbocycles. The first-order chi connectivity index (χ1) is 13.6. The summed E-state index contributed by atoms with van der Waals surface area (Å²) in [5.74, 6) is -1.48. The Morgan fingerprint density at radius 2 is 1.46 bits per heavy atom. The Morgan fingerprint density at radius 1 is 0.821 bits per heavy atom.